The molecule has 0 aromatic carbocycles. The van der Waals surface area contributed by atoms with Crippen LogP contribution in [0.4, 0.5) is 0 Å². The van der Waals surface area contributed by atoms with Crippen LogP contribution >= 0.6 is 0 Å². The zero-order valence-electron chi connectivity index (χ0n) is 6.23. The Kier molecular flexibility index (Phi) is 2.51. The number of aryl methyl sites for hydroxylation is 1. The van der Waals surface area contributed by atoms with E-state index in [0.29, 0.717) is 0 Å². The number of aliphatic hydroxyl groups is 2. The molecule has 0 bridgehead atoms. The summed E-state index contributed by atoms with van der Waals surface area (Å²) in [6.45, 7) is 1.51. The summed E-state index contributed by atoms with van der Waals surface area (Å²) in [6, 6.07) is 0. The van der Waals surface area contributed by atoms with Gasteiger partial charge in [-0.3, -0.25) is 0 Å². The van der Waals surface area contributed by atoms with Gasteiger partial charge in [0, 0.05) is 12.4 Å². The molecule has 1 unspecified atom stereocenters. The van der Waals surface area contributed by atoms with Crippen molar-refractivity contribution in [1.29, 1.82) is 0 Å². The molecule has 0 amide bonds. The Bertz CT molecular complexity index is 222. The van der Waals surface area contributed by atoms with E-state index in [0.717, 1.165) is 5.56 Å². The highest BCUT2D eigenvalue weighted by molar-refractivity contribution is 5.03. The maximum absolute atomic E-state index is 9.05. The van der Waals surface area contributed by atoms with Gasteiger partial charge in [0.15, 0.2) is 5.82 Å². The Morgan fingerprint density at radius 3 is 2.45 bits per heavy atom. The summed E-state index contributed by atoms with van der Waals surface area (Å²) in [5.74, 6) is 0.262. The van der Waals surface area contributed by atoms with Crippen molar-refractivity contribution >= 4 is 0 Å². The van der Waals surface area contributed by atoms with Gasteiger partial charge >= 0.3 is 0 Å². The molecule has 1 atom stereocenters. The lowest BCUT2D eigenvalue weighted by molar-refractivity contribution is 0.0885. The highest BCUT2D eigenvalue weighted by Gasteiger charge is 2.07. The van der Waals surface area contributed by atoms with Gasteiger partial charge in [-0.2, -0.15) is 0 Å². The molecule has 0 fully saturated rings. The normalized spacial score (nSPS) is 13.0. The number of hydrogen-bond donors (Lipinski definition) is 2. The van der Waals surface area contributed by atoms with Crippen LogP contribution in [0.1, 0.15) is 17.5 Å². The van der Waals surface area contributed by atoms with Gasteiger partial charge in [0.2, 0.25) is 0 Å². The summed E-state index contributed by atoms with van der Waals surface area (Å²) >= 11 is 0. The van der Waals surface area contributed by atoms with Crippen molar-refractivity contribution in [3.63, 3.8) is 0 Å². The second-order valence-corrected chi connectivity index (χ2v) is 2.32. The van der Waals surface area contributed by atoms with Crippen molar-refractivity contribution < 1.29 is 10.2 Å². The number of rotatable bonds is 2. The minimum atomic E-state index is -0.962. The van der Waals surface area contributed by atoms with E-state index in [1.807, 2.05) is 6.92 Å². The van der Waals surface area contributed by atoms with Crippen molar-refractivity contribution in [1.82, 2.24) is 9.97 Å². The quantitative estimate of drug-likeness (QED) is 0.619. The molecule has 0 aliphatic rings. The Hall–Kier alpha value is -1.00. The van der Waals surface area contributed by atoms with Crippen LogP contribution in [0.3, 0.4) is 0 Å². The summed E-state index contributed by atoms with van der Waals surface area (Å²) < 4.78 is 0. The summed E-state index contributed by atoms with van der Waals surface area (Å²) in [7, 11) is 0. The number of hydrogen-bond acceptors (Lipinski definition) is 4. The van der Waals surface area contributed by atoms with Crippen LogP contribution in [-0.2, 0) is 0 Å². The zero-order valence-corrected chi connectivity index (χ0v) is 6.23. The molecular weight excluding hydrogens is 144 g/mol. The van der Waals surface area contributed by atoms with Crippen LogP contribution < -0.4 is 0 Å². The van der Waals surface area contributed by atoms with Gasteiger partial charge in [-0.15, -0.1) is 0 Å². The maximum Gasteiger partial charge on any atom is 0.159 e. The van der Waals surface area contributed by atoms with E-state index < -0.39 is 6.10 Å². The molecule has 4 nitrogen and oxygen atoms in total. The first-order chi connectivity index (χ1) is 5.24. The highest BCUT2D eigenvalue weighted by atomic mass is 16.3. The molecule has 1 rings (SSSR count). The molecule has 4 heteroatoms. The molecular formula is C7H10N2O2. The third-order valence-corrected chi connectivity index (χ3v) is 1.27. The van der Waals surface area contributed by atoms with Gasteiger partial charge < -0.3 is 10.2 Å². The summed E-state index contributed by atoms with van der Waals surface area (Å²) in [5, 5.41) is 17.6. The van der Waals surface area contributed by atoms with Crippen molar-refractivity contribution in [2.24, 2.45) is 0 Å². The van der Waals surface area contributed by atoms with E-state index in [9.17, 15) is 0 Å². The van der Waals surface area contributed by atoms with Crippen LogP contribution in [0, 0.1) is 6.92 Å². The van der Waals surface area contributed by atoms with Crippen molar-refractivity contribution in [3.05, 3.63) is 23.8 Å². The molecule has 1 heterocycles. The van der Waals surface area contributed by atoms with Crippen molar-refractivity contribution in [2.45, 2.75) is 13.0 Å². The van der Waals surface area contributed by atoms with Gasteiger partial charge in [-0.1, -0.05) is 0 Å². The average molecular weight is 154 g/mol. The predicted octanol–water partition coefficient (Wildman–Crippen LogP) is -0.189. The minimum Gasteiger partial charge on any atom is -0.393 e. The van der Waals surface area contributed by atoms with Crippen LogP contribution in [0.5, 0.6) is 0 Å². The minimum absolute atomic E-state index is 0.262. The average Bonchev–Trinajstić information content (AvgIpc) is 2.05. The fraction of sp³-hybridized carbons (Fsp3) is 0.429. The van der Waals surface area contributed by atoms with Gasteiger partial charge in [0.1, 0.15) is 6.10 Å². The van der Waals surface area contributed by atoms with Gasteiger partial charge in [0.25, 0.3) is 0 Å². The monoisotopic (exact) mass is 154 g/mol. The van der Waals surface area contributed by atoms with E-state index in [1.165, 1.54) is 0 Å². The van der Waals surface area contributed by atoms with Gasteiger partial charge in [-0.05, 0) is 12.5 Å². The fourth-order valence-electron chi connectivity index (χ4n) is 0.656. The number of aliphatic hydroxyl groups excluding tert-OH is 2. The van der Waals surface area contributed by atoms with E-state index in [2.05, 4.69) is 9.97 Å². The first-order valence-electron chi connectivity index (χ1n) is 3.31. The number of nitrogens with zero attached hydrogens (tertiary/aromatic N) is 2. The molecule has 60 valence electrons. The highest BCUT2D eigenvalue weighted by Crippen LogP contribution is 2.04. The van der Waals surface area contributed by atoms with Crippen molar-refractivity contribution in [2.75, 3.05) is 6.61 Å². The first kappa shape index (κ1) is 8.10. The molecule has 1 aromatic heterocycles. The molecule has 0 saturated heterocycles. The van der Waals surface area contributed by atoms with Crippen LogP contribution in [0.2, 0.25) is 0 Å². The van der Waals surface area contributed by atoms with Gasteiger partial charge in [-0.25, -0.2) is 9.97 Å². The molecule has 11 heavy (non-hydrogen) atoms. The molecule has 1 aromatic rings. The van der Waals surface area contributed by atoms with Gasteiger partial charge in [0.05, 0.1) is 6.61 Å². The van der Waals surface area contributed by atoms with Crippen LogP contribution in [-0.4, -0.2) is 26.8 Å². The third-order valence-electron chi connectivity index (χ3n) is 1.27. The lowest BCUT2D eigenvalue weighted by Gasteiger charge is -2.03. The third kappa shape index (κ3) is 1.96. The maximum atomic E-state index is 9.05. The summed E-state index contributed by atoms with van der Waals surface area (Å²) in [5.41, 5.74) is 0.930. The summed E-state index contributed by atoms with van der Waals surface area (Å²) in [4.78, 5) is 7.66. The van der Waals surface area contributed by atoms with E-state index >= 15 is 0 Å². The standard InChI is InChI=1S/C7H10N2O2/c1-5-2-8-7(9-3-5)6(11)4-10/h2-3,6,10-11H,4H2,1H3. The van der Waals surface area contributed by atoms with E-state index in [-0.39, 0.29) is 12.4 Å². The zero-order chi connectivity index (χ0) is 8.27. The SMILES string of the molecule is Cc1cnc(C(O)CO)nc1. The van der Waals surface area contributed by atoms with Crippen molar-refractivity contribution in [3.8, 4) is 0 Å². The first-order valence-corrected chi connectivity index (χ1v) is 3.31. The molecule has 0 radical (unpaired) electrons. The lowest BCUT2D eigenvalue weighted by atomic mass is 10.3. The topological polar surface area (TPSA) is 66.2 Å². The lowest BCUT2D eigenvalue weighted by Crippen LogP contribution is -2.07. The molecule has 0 aliphatic heterocycles. The Morgan fingerprint density at radius 2 is 2.00 bits per heavy atom. The second kappa shape index (κ2) is 3.41. The van der Waals surface area contributed by atoms with E-state index in [4.69, 9.17) is 10.2 Å². The largest absolute Gasteiger partial charge is 0.393 e. The molecule has 0 aliphatic carbocycles. The second-order valence-electron chi connectivity index (χ2n) is 2.32. The van der Waals surface area contributed by atoms with Crippen LogP contribution in [0.25, 0.3) is 0 Å². The molecule has 2 N–H and O–H groups in total. The Labute approximate surface area is 64.6 Å². The fourth-order valence-corrected chi connectivity index (χ4v) is 0.656. The smallest absolute Gasteiger partial charge is 0.159 e. The Balaban J connectivity index is 2.81. The number of aromatic nitrogens is 2. The van der Waals surface area contributed by atoms with E-state index in [1.54, 1.807) is 12.4 Å². The predicted molar refractivity (Wildman–Crippen MR) is 38.8 cm³/mol. The Morgan fingerprint density at radius 1 is 1.45 bits per heavy atom. The molecule has 0 saturated carbocycles. The molecule has 0 spiro atoms. The van der Waals surface area contributed by atoms with Crippen LogP contribution in [0.15, 0.2) is 12.4 Å². The summed E-state index contributed by atoms with van der Waals surface area (Å²) in [6.07, 6.45) is 2.23.